The van der Waals surface area contributed by atoms with Gasteiger partial charge in [0.25, 0.3) is 17.7 Å². The van der Waals surface area contributed by atoms with Crippen LogP contribution in [0.25, 0.3) is 0 Å². The SMILES string of the molecule is O=C1CSC(=O)N1N1C(=O)C2CC2C1=O. The van der Waals surface area contributed by atoms with Gasteiger partial charge in [-0.1, -0.05) is 11.8 Å². The van der Waals surface area contributed by atoms with Gasteiger partial charge in [-0.2, -0.15) is 10.0 Å². The summed E-state index contributed by atoms with van der Waals surface area (Å²) in [7, 11) is 0. The normalized spacial score (nSPS) is 34.1. The minimum absolute atomic E-state index is 0.00519. The molecule has 6 nitrogen and oxygen atoms in total. The molecule has 0 bridgehead atoms. The number of carbonyl (C=O) groups excluding carboxylic acids is 4. The standard InChI is InChI=1S/C8H6N2O4S/c11-5-2-15-8(14)9(5)10-6(12)3-1-4(3)7(10)13/h3-4H,1-2H2. The van der Waals surface area contributed by atoms with Crippen LogP contribution in [0.15, 0.2) is 0 Å². The lowest BCUT2D eigenvalue weighted by Gasteiger charge is -2.23. The van der Waals surface area contributed by atoms with Gasteiger partial charge in [-0.05, 0) is 6.42 Å². The Morgan fingerprint density at radius 2 is 1.60 bits per heavy atom. The Bertz CT molecular complexity index is 385. The molecule has 0 spiro atoms. The van der Waals surface area contributed by atoms with Crippen molar-refractivity contribution in [1.29, 1.82) is 0 Å². The smallest absolute Gasteiger partial charge is 0.272 e. The fraction of sp³-hybridized carbons (Fsp3) is 0.500. The number of carbonyl (C=O) groups is 4. The predicted molar refractivity (Wildman–Crippen MR) is 48.2 cm³/mol. The van der Waals surface area contributed by atoms with Crippen LogP contribution in [-0.2, 0) is 14.4 Å². The number of hydrazine groups is 1. The van der Waals surface area contributed by atoms with Crippen LogP contribution in [0, 0.1) is 11.8 Å². The van der Waals surface area contributed by atoms with Gasteiger partial charge < -0.3 is 0 Å². The molecular formula is C8H6N2O4S. The van der Waals surface area contributed by atoms with E-state index in [0.29, 0.717) is 11.4 Å². The molecule has 2 unspecified atom stereocenters. The Labute approximate surface area is 88.5 Å². The van der Waals surface area contributed by atoms with Crippen molar-refractivity contribution < 1.29 is 19.2 Å². The molecule has 15 heavy (non-hydrogen) atoms. The molecule has 78 valence electrons. The molecular weight excluding hydrogens is 220 g/mol. The van der Waals surface area contributed by atoms with Crippen LogP contribution in [-0.4, -0.2) is 38.7 Å². The molecule has 0 aromatic rings. The Hall–Kier alpha value is -1.37. The summed E-state index contributed by atoms with van der Waals surface area (Å²) in [6.45, 7) is 0. The molecule has 0 radical (unpaired) electrons. The molecule has 4 amide bonds. The molecule has 3 rings (SSSR count). The molecule has 3 aliphatic rings. The van der Waals surface area contributed by atoms with Crippen molar-refractivity contribution in [3.05, 3.63) is 0 Å². The Balaban J connectivity index is 1.94. The van der Waals surface area contributed by atoms with Gasteiger partial charge in [-0.15, -0.1) is 0 Å². The number of fused-ring (bicyclic) bond motifs is 1. The molecule has 1 aliphatic carbocycles. The van der Waals surface area contributed by atoms with Crippen molar-refractivity contribution in [3.63, 3.8) is 0 Å². The lowest BCUT2D eigenvalue weighted by atomic mass is 10.4. The average Bonchev–Trinajstić information content (AvgIpc) is 2.88. The molecule has 2 aliphatic heterocycles. The lowest BCUT2D eigenvalue weighted by Crippen LogP contribution is -2.50. The Kier molecular flexibility index (Phi) is 1.54. The van der Waals surface area contributed by atoms with E-state index in [9.17, 15) is 19.2 Å². The molecule has 2 saturated heterocycles. The average molecular weight is 226 g/mol. The van der Waals surface area contributed by atoms with Crippen LogP contribution in [0.4, 0.5) is 4.79 Å². The molecule has 2 atom stereocenters. The van der Waals surface area contributed by atoms with E-state index in [2.05, 4.69) is 0 Å². The third-order valence-electron chi connectivity index (χ3n) is 2.77. The predicted octanol–water partition coefficient (Wildman–Crippen LogP) is -0.398. The number of imide groups is 2. The quantitative estimate of drug-likeness (QED) is 0.569. The van der Waals surface area contributed by atoms with Crippen molar-refractivity contribution in [2.75, 3.05) is 5.75 Å². The first kappa shape index (κ1) is 8.90. The molecule has 0 N–H and O–H groups in total. The van der Waals surface area contributed by atoms with Gasteiger partial charge in [0.05, 0.1) is 17.6 Å². The first-order valence-corrected chi connectivity index (χ1v) is 5.47. The number of nitrogens with zero attached hydrogens (tertiary/aromatic N) is 2. The van der Waals surface area contributed by atoms with Crippen LogP contribution in [0.2, 0.25) is 0 Å². The van der Waals surface area contributed by atoms with Crippen molar-refractivity contribution in [3.8, 4) is 0 Å². The Morgan fingerprint density at radius 1 is 1.00 bits per heavy atom. The maximum atomic E-state index is 11.6. The summed E-state index contributed by atoms with van der Waals surface area (Å²) in [6.07, 6.45) is 0.567. The van der Waals surface area contributed by atoms with Crippen molar-refractivity contribution >= 4 is 34.7 Å². The maximum absolute atomic E-state index is 11.6. The largest absolute Gasteiger partial charge is 0.308 e. The first-order chi connectivity index (χ1) is 7.11. The summed E-state index contributed by atoms with van der Waals surface area (Å²) >= 11 is 0.812. The van der Waals surface area contributed by atoms with Crippen LogP contribution in [0.3, 0.4) is 0 Å². The number of amides is 4. The van der Waals surface area contributed by atoms with Crippen molar-refractivity contribution in [1.82, 2.24) is 10.0 Å². The number of hydrogen-bond acceptors (Lipinski definition) is 5. The van der Waals surface area contributed by atoms with E-state index in [0.717, 1.165) is 16.8 Å². The van der Waals surface area contributed by atoms with Crippen LogP contribution in [0.1, 0.15) is 6.42 Å². The first-order valence-electron chi connectivity index (χ1n) is 4.48. The highest BCUT2D eigenvalue weighted by molar-refractivity contribution is 8.14. The van der Waals surface area contributed by atoms with E-state index in [4.69, 9.17) is 0 Å². The zero-order valence-corrected chi connectivity index (χ0v) is 8.32. The van der Waals surface area contributed by atoms with E-state index in [1.165, 1.54) is 0 Å². The second kappa shape index (κ2) is 2.60. The lowest BCUT2D eigenvalue weighted by molar-refractivity contribution is -0.162. The molecule has 1 saturated carbocycles. The second-order valence-electron chi connectivity index (χ2n) is 3.70. The molecule has 2 heterocycles. The highest BCUT2D eigenvalue weighted by Gasteiger charge is 2.62. The minimum atomic E-state index is -0.539. The van der Waals surface area contributed by atoms with Gasteiger partial charge >= 0.3 is 5.24 Å². The van der Waals surface area contributed by atoms with Crippen LogP contribution >= 0.6 is 11.8 Å². The third kappa shape index (κ3) is 1.01. The fourth-order valence-electron chi connectivity index (χ4n) is 1.90. The summed E-state index contributed by atoms with van der Waals surface area (Å²) < 4.78 is 0. The number of hydrogen-bond donors (Lipinski definition) is 0. The zero-order chi connectivity index (χ0) is 10.7. The van der Waals surface area contributed by atoms with Crippen LogP contribution in [0.5, 0.6) is 0 Å². The van der Waals surface area contributed by atoms with E-state index >= 15 is 0 Å². The summed E-state index contributed by atoms with van der Waals surface area (Å²) in [4.78, 5) is 45.8. The molecule has 3 fully saturated rings. The summed E-state index contributed by atoms with van der Waals surface area (Å²) in [6, 6.07) is 0. The van der Waals surface area contributed by atoms with Gasteiger partial charge in [-0.25, -0.2) is 0 Å². The number of thioether (sulfide) groups is 1. The Morgan fingerprint density at radius 3 is 2.07 bits per heavy atom. The summed E-state index contributed by atoms with van der Waals surface area (Å²) in [5, 5.41) is 0.869. The van der Waals surface area contributed by atoms with Gasteiger partial charge in [0, 0.05) is 0 Å². The van der Waals surface area contributed by atoms with Gasteiger partial charge in [-0.3, -0.25) is 19.2 Å². The number of piperidine rings is 1. The van der Waals surface area contributed by atoms with Crippen molar-refractivity contribution in [2.24, 2.45) is 11.8 Å². The third-order valence-corrected chi connectivity index (χ3v) is 3.58. The van der Waals surface area contributed by atoms with Gasteiger partial charge in [0.15, 0.2) is 0 Å². The monoisotopic (exact) mass is 226 g/mol. The van der Waals surface area contributed by atoms with Crippen LogP contribution < -0.4 is 0 Å². The highest BCUT2D eigenvalue weighted by Crippen LogP contribution is 2.48. The van der Waals surface area contributed by atoms with Crippen molar-refractivity contribution in [2.45, 2.75) is 6.42 Å². The molecule has 0 aromatic heterocycles. The summed E-state index contributed by atoms with van der Waals surface area (Å²) in [5.41, 5.74) is 0. The van der Waals surface area contributed by atoms with E-state index < -0.39 is 23.0 Å². The summed E-state index contributed by atoms with van der Waals surface area (Å²) in [5.74, 6) is -1.88. The molecule has 0 aromatic carbocycles. The molecule has 7 heteroatoms. The van der Waals surface area contributed by atoms with E-state index in [-0.39, 0.29) is 17.6 Å². The topological polar surface area (TPSA) is 74.8 Å². The zero-order valence-electron chi connectivity index (χ0n) is 7.50. The van der Waals surface area contributed by atoms with Gasteiger partial charge in [0.1, 0.15) is 0 Å². The highest BCUT2D eigenvalue weighted by atomic mass is 32.2. The van der Waals surface area contributed by atoms with E-state index in [1.54, 1.807) is 0 Å². The maximum Gasteiger partial charge on any atom is 0.308 e. The van der Waals surface area contributed by atoms with E-state index in [1.807, 2.05) is 0 Å². The number of rotatable bonds is 1. The second-order valence-corrected chi connectivity index (χ2v) is 4.62. The van der Waals surface area contributed by atoms with Gasteiger partial charge in [0.2, 0.25) is 0 Å². The fourth-order valence-corrected chi connectivity index (χ4v) is 2.58. The minimum Gasteiger partial charge on any atom is -0.272 e.